The molecule has 18 heavy (non-hydrogen) atoms. The summed E-state index contributed by atoms with van der Waals surface area (Å²) < 4.78 is 2.17. The van der Waals surface area contributed by atoms with Crippen molar-refractivity contribution in [3.05, 3.63) is 67.6 Å². The highest BCUT2D eigenvalue weighted by Crippen LogP contribution is 2.34. The zero-order valence-electron chi connectivity index (χ0n) is 10.2. The molecule has 1 unspecified atom stereocenters. The van der Waals surface area contributed by atoms with Gasteiger partial charge < -0.3 is 0 Å². The van der Waals surface area contributed by atoms with E-state index < -0.39 is 0 Å². The number of alkyl halides is 1. The van der Waals surface area contributed by atoms with Crippen molar-refractivity contribution in [1.82, 2.24) is 0 Å². The summed E-state index contributed by atoms with van der Waals surface area (Å²) in [5.74, 6) is 0. The molecule has 0 aliphatic carbocycles. The fourth-order valence-corrected chi connectivity index (χ4v) is 3.71. The van der Waals surface area contributed by atoms with Gasteiger partial charge in [-0.1, -0.05) is 66.0 Å². The molecule has 0 spiro atoms. The molecule has 2 aromatic rings. The highest BCUT2D eigenvalue weighted by atomic mass is 79.9. The first-order chi connectivity index (χ1) is 8.47. The van der Waals surface area contributed by atoms with Crippen molar-refractivity contribution in [1.29, 1.82) is 0 Å². The van der Waals surface area contributed by atoms with E-state index in [1.165, 1.54) is 22.3 Å². The van der Waals surface area contributed by atoms with Gasteiger partial charge in [0.1, 0.15) is 0 Å². The van der Waals surface area contributed by atoms with Crippen LogP contribution < -0.4 is 0 Å². The van der Waals surface area contributed by atoms with Gasteiger partial charge in [0, 0.05) is 8.95 Å². The van der Waals surface area contributed by atoms with Crippen LogP contribution in [0, 0.1) is 13.8 Å². The van der Waals surface area contributed by atoms with E-state index in [9.17, 15) is 0 Å². The maximum Gasteiger partial charge on any atom is 0.0645 e. The van der Waals surface area contributed by atoms with Crippen LogP contribution >= 0.6 is 47.8 Å². The van der Waals surface area contributed by atoms with Crippen molar-refractivity contribution < 1.29 is 0 Å². The SMILES string of the molecule is Cc1ccc(C(Br)c2cc(Br)cc(Br)c2)cc1C. The summed E-state index contributed by atoms with van der Waals surface area (Å²) in [6.45, 7) is 4.29. The van der Waals surface area contributed by atoms with Crippen LogP contribution in [-0.4, -0.2) is 0 Å². The molecule has 0 saturated heterocycles. The van der Waals surface area contributed by atoms with Crippen molar-refractivity contribution in [2.45, 2.75) is 18.7 Å². The average molecular weight is 433 g/mol. The Balaban J connectivity index is 2.40. The predicted octanol–water partition coefficient (Wildman–Crippen LogP) is 6.31. The van der Waals surface area contributed by atoms with E-state index >= 15 is 0 Å². The Bertz CT molecular complexity index is 556. The minimum atomic E-state index is 0.214. The minimum absolute atomic E-state index is 0.214. The molecule has 0 bridgehead atoms. The van der Waals surface area contributed by atoms with Crippen LogP contribution in [-0.2, 0) is 0 Å². The van der Waals surface area contributed by atoms with Crippen molar-refractivity contribution >= 4 is 47.8 Å². The molecule has 0 aliphatic heterocycles. The second-order valence-electron chi connectivity index (χ2n) is 4.41. The lowest BCUT2D eigenvalue weighted by atomic mass is 10.0. The van der Waals surface area contributed by atoms with Crippen LogP contribution in [0.15, 0.2) is 45.3 Å². The first-order valence-corrected chi connectivity index (χ1v) is 8.15. The lowest BCUT2D eigenvalue weighted by Gasteiger charge is -2.13. The van der Waals surface area contributed by atoms with Crippen LogP contribution in [0.4, 0.5) is 0 Å². The van der Waals surface area contributed by atoms with E-state index in [2.05, 4.69) is 92.0 Å². The van der Waals surface area contributed by atoms with E-state index in [-0.39, 0.29) is 4.83 Å². The molecule has 0 aliphatic rings. The maximum absolute atomic E-state index is 3.78. The minimum Gasteiger partial charge on any atom is -0.0786 e. The van der Waals surface area contributed by atoms with E-state index in [1.54, 1.807) is 0 Å². The molecule has 0 amide bonds. The number of benzene rings is 2. The Morgan fingerprint density at radius 1 is 0.778 bits per heavy atom. The fourth-order valence-electron chi connectivity index (χ4n) is 1.84. The van der Waals surface area contributed by atoms with E-state index in [4.69, 9.17) is 0 Å². The van der Waals surface area contributed by atoms with Crippen molar-refractivity contribution in [2.24, 2.45) is 0 Å². The topological polar surface area (TPSA) is 0 Å². The van der Waals surface area contributed by atoms with E-state index in [0.717, 1.165) is 8.95 Å². The molecule has 0 heterocycles. The van der Waals surface area contributed by atoms with Gasteiger partial charge in [0.2, 0.25) is 0 Å². The predicted molar refractivity (Wildman–Crippen MR) is 88.5 cm³/mol. The Labute approximate surface area is 133 Å². The maximum atomic E-state index is 3.78. The number of rotatable bonds is 2. The molecule has 2 aromatic carbocycles. The molecule has 0 saturated carbocycles. The zero-order valence-corrected chi connectivity index (χ0v) is 14.9. The Morgan fingerprint density at radius 2 is 1.39 bits per heavy atom. The van der Waals surface area contributed by atoms with E-state index in [0.29, 0.717) is 0 Å². The third kappa shape index (κ3) is 3.25. The Morgan fingerprint density at radius 3 is 1.94 bits per heavy atom. The molecule has 3 heteroatoms. The summed E-state index contributed by atoms with van der Waals surface area (Å²) in [4.78, 5) is 0.214. The van der Waals surface area contributed by atoms with Gasteiger partial charge in [-0.3, -0.25) is 0 Å². The molecule has 2 rings (SSSR count). The highest BCUT2D eigenvalue weighted by molar-refractivity contribution is 9.11. The second kappa shape index (κ2) is 5.89. The van der Waals surface area contributed by atoms with Crippen molar-refractivity contribution in [3.63, 3.8) is 0 Å². The van der Waals surface area contributed by atoms with Gasteiger partial charge in [-0.05, 0) is 54.3 Å². The summed E-state index contributed by atoms with van der Waals surface area (Å²) in [6, 6.07) is 12.9. The normalized spacial score (nSPS) is 12.5. The fraction of sp³-hybridized carbons (Fsp3) is 0.200. The average Bonchev–Trinajstić information content (AvgIpc) is 2.30. The van der Waals surface area contributed by atoms with Gasteiger partial charge in [0.15, 0.2) is 0 Å². The van der Waals surface area contributed by atoms with Gasteiger partial charge in [-0.25, -0.2) is 0 Å². The molecule has 0 N–H and O–H groups in total. The first kappa shape index (κ1) is 14.3. The second-order valence-corrected chi connectivity index (χ2v) is 7.16. The van der Waals surface area contributed by atoms with Crippen LogP contribution in [0.25, 0.3) is 0 Å². The standard InChI is InChI=1S/C15H13Br3/c1-9-3-4-11(5-10(9)2)15(18)12-6-13(16)8-14(17)7-12/h3-8,15H,1-2H3. The van der Waals surface area contributed by atoms with Gasteiger partial charge in [0.25, 0.3) is 0 Å². The number of halogens is 3. The molecular formula is C15H13Br3. The molecule has 94 valence electrons. The summed E-state index contributed by atoms with van der Waals surface area (Å²) in [5, 5.41) is 0. The summed E-state index contributed by atoms with van der Waals surface area (Å²) in [7, 11) is 0. The van der Waals surface area contributed by atoms with Crippen LogP contribution in [0.5, 0.6) is 0 Å². The smallest absolute Gasteiger partial charge is 0.0645 e. The summed E-state index contributed by atoms with van der Waals surface area (Å²) >= 11 is 10.8. The largest absolute Gasteiger partial charge is 0.0786 e. The molecule has 0 radical (unpaired) electrons. The third-order valence-electron chi connectivity index (χ3n) is 3.00. The quantitative estimate of drug-likeness (QED) is 0.487. The first-order valence-electron chi connectivity index (χ1n) is 5.64. The highest BCUT2D eigenvalue weighted by Gasteiger charge is 2.12. The molecule has 0 fully saturated rings. The third-order valence-corrected chi connectivity index (χ3v) is 4.97. The lowest BCUT2D eigenvalue weighted by molar-refractivity contribution is 1.15. The van der Waals surface area contributed by atoms with Crippen LogP contribution in [0.1, 0.15) is 27.1 Å². The Kier molecular flexibility index (Phi) is 4.68. The zero-order chi connectivity index (χ0) is 13.3. The van der Waals surface area contributed by atoms with Gasteiger partial charge in [0.05, 0.1) is 4.83 Å². The molecular weight excluding hydrogens is 420 g/mol. The van der Waals surface area contributed by atoms with Gasteiger partial charge >= 0.3 is 0 Å². The monoisotopic (exact) mass is 430 g/mol. The number of hydrogen-bond acceptors (Lipinski definition) is 0. The molecule has 0 nitrogen and oxygen atoms in total. The molecule has 0 aromatic heterocycles. The summed E-state index contributed by atoms with van der Waals surface area (Å²) in [6.07, 6.45) is 0. The summed E-state index contributed by atoms with van der Waals surface area (Å²) in [5.41, 5.74) is 5.17. The number of aryl methyl sites for hydroxylation is 2. The Hall–Kier alpha value is -0.120. The van der Waals surface area contributed by atoms with Crippen LogP contribution in [0.3, 0.4) is 0 Å². The van der Waals surface area contributed by atoms with Crippen LogP contribution in [0.2, 0.25) is 0 Å². The van der Waals surface area contributed by atoms with Crippen molar-refractivity contribution in [2.75, 3.05) is 0 Å². The number of hydrogen-bond donors (Lipinski definition) is 0. The molecule has 1 atom stereocenters. The lowest BCUT2D eigenvalue weighted by Crippen LogP contribution is -1.94. The van der Waals surface area contributed by atoms with Gasteiger partial charge in [-0.2, -0.15) is 0 Å². The van der Waals surface area contributed by atoms with Gasteiger partial charge in [-0.15, -0.1) is 0 Å². The van der Waals surface area contributed by atoms with E-state index in [1.807, 2.05) is 6.07 Å². The van der Waals surface area contributed by atoms with Crippen molar-refractivity contribution in [3.8, 4) is 0 Å².